The molecule has 0 aliphatic carbocycles. The fourth-order valence-electron chi connectivity index (χ4n) is 1.52. The molecule has 0 spiro atoms. The lowest BCUT2D eigenvalue weighted by atomic mass is 10.2. The van der Waals surface area contributed by atoms with Gasteiger partial charge in [0.25, 0.3) is 5.91 Å². The van der Waals surface area contributed by atoms with Gasteiger partial charge in [0.05, 0.1) is 10.0 Å². The number of carbonyl (C=O) groups is 1. The zero-order valence-electron chi connectivity index (χ0n) is 10.3. The average Bonchev–Trinajstić information content (AvgIpc) is 2.36. The van der Waals surface area contributed by atoms with Crippen molar-refractivity contribution in [3.05, 3.63) is 34.1 Å². The number of ether oxygens (including phenoxy) is 1. The van der Waals surface area contributed by atoms with E-state index in [2.05, 4.69) is 21.2 Å². The predicted molar refractivity (Wildman–Crippen MR) is 72.2 cm³/mol. The largest absolute Gasteiger partial charge is 0.385 e. The molecule has 100 valence electrons. The molecule has 0 saturated heterocycles. The Bertz CT molecular complexity index is 399. The Morgan fingerprint density at radius 1 is 1.39 bits per heavy atom. The first-order chi connectivity index (χ1) is 8.66. The second-order valence-electron chi connectivity index (χ2n) is 3.91. The van der Waals surface area contributed by atoms with E-state index < -0.39 is 5.82 Å². The van der Waals surface area contributed by atoms with E-state index in [0.29, 0.717) is 11.0 Å². The molecule has 0 bridgehead atoms. The molecule has 0 radical (unpaired) electrons. The van der Waals surface area contributed by atoms with Gasteiger partial charge in [-0.3, -0.25) is 4.79 Å². The maximum Gasteiger partial charge on any atom is 0.254 e. The summed E-state index contributed by atoms with van der Waals surface area (Å²) >= 11 is 3.06. The summed E-state index contributed by atoms with van der Waals surface area (Å²) in [5, 5.41) is 2.70. The summed E-state index contributed by atoms with van der Waals surface area (Å²) in [7, 11) is 1.66. The molecule has 0 fully saturated rings. The Kier molecular flexibility index (Phi) is 6.90. The number of carbonyl (C=O) groups excluding carboxylic acids is 1. The maximum atomic E-state index is 13.6. The Labute approximate surface area is 115 Å². The second-order valence-corrected chi connectivity index (χ2v) is 4.77. The van der Waals surface area contributed by atoms with Gasteiger partial charge in [0.15, 0.2) is 0 Å². The molecule has 18 heavy (non-hydrogen) atoms. The molecule has 0 aliphatic rings. The molecular formula is C13H17BrFNO2. The van der Waals surface area contributed by atoms with Crippen molar-refractivity contribution < 1.29 is 13.9 Å². The average molecular weight is 318 g/mol. The van der Waals surface area contributed by atoms with Gasteiger partial charge in [0, 0.05) is 20.3 Å². The van der Waals surface area contributed by atoms with Crippen molar-refractivity contribution in [3.63, 3.8) is 0 Å². The monoisotopic (exact) mass is 317 g/mol. The summed E-state index contributed by atoms with van der Waals surface area (Å²) in [5.74, 6) is -0.894. The number of unbranched alkanes of at least 4 members (excludes halogenated alkanes) is 2. The molecule has 1 rings (SSSR count). The van der Waals surface area contributed by atoms with E-state index in [1.807, 2.05) is 0 Å². The molecule has 0 heterocycles. The van der Waals surface area contributed by atoms with Crippen LogP contribution >= 0.6 is 15.9 Å². The van der Waals surface area contributed by atoms with Crippen LogP contribution in [0.1, 0.15) is 29.6 Å². The van der Waals surface area contributed by atoms with Gasteiger partial charge in [-0.05, 0) is 47.3 Å². The molecule has 1 aromatic rings. The fraction of sp³-hybridized carbons (Fsp3) is 0.462. The predicted octanol–water partition coefficient (Wildman–Crippen LogP) is 3.13. The lowest BCUT2D eigenvalue weighted by Crippen LogP contribution is -2.25. The summed E-state index contributed by atoms with van der Waals surface area (Å²) in [6, 6.07) is 4.68. The summed E-state index contributed by atoms with van der Waals surface area (Å²) in [6.45, 7) is 1.28. The van der Waals surface area contributed by atoms with E-state index in [4.69, 9.17) is 4.74 Å². The van der Waals surface area contributed by atoms with E-state index in [1.165, 1.54) is 6.07 Å². The van der Waals surface area contributed by atoms with Gasteiger partial charge in [0.1, 0.15) is 5.82 Å². The summed E-state index contributed by atoms with van der Waals surface area (Å²) in [5.41, 5.74) is 0.0706. The minimum Gasteiger partial charge on any atom is -0.385 e. The molecule has 5 heteroatoms. The number of methoxy groups -OCH3 is 1. The normalized spacial score (nSPS) is 10.4. The Balaban J connectivity index is 2.35. The molecule has 0 atom stereocenters. The van der Waals surface area contributed by atoms with Crippen LogP contribution in [0.25, 0.3) is 0 Å². The molecule has 0 aromatic heterocycles. The number of hydrogen-bond donors (Lipinski definition) is 1. The highest BCUT2D eigenvalue weighted by molar-refractivity contribution is 9.10. The zero-order chi connectivity index (χ0) is 13.4. The van der Waals surface area contributed by atoms with Gasteiger partial charge >= 0.3 is 0 Å². The summed E-state index contributed by atoms with van der Waals surface area (Å²) in [4.78, 5) is 11.7. The lowest BCUT2D eigenvalue weighted by Gasteiger charge is -2.06. The highest BCUT2D eigenvalue weighted by Gasteiger charge is 2.12. The van der Waals surface area contributed by atoms with Gasteiger partial charge in [0.2, 0.25) is 0 Å². The van der Waals surface area contributed by atoms with Crippen LogP contribution in [-0.4, -0.2) is 26.2 Å². The standard InChI is InChI=1S/C13H17BrFNO2/c1-18-9-4-2-3-8-16-13(17)10-6-5-7-11(14)12(10)15/h5-7H,2-4,8-9H2,1H3,(H,16,17). The minimum atomic E-state index is -0.519. The van der Waals surface area contributed by atoms with E-state index in [1.54, 1.807) is 19.2 Å². The number of hydrogen-bond acceptors (Lipinski definition) is 2. The van der Waals surface area contributed by atoms with Crippen molar-refractivity contribution in [3.8, 4) is 0 Å². The quantitative estimate of drug-likeness (QED) is 0.785. The molecule has 1 N–H and O–H groups in total. The van der Waals surface area contributed by atoms with Crippen LogP contribution in [0, 0.1) is 5.82 Å². The molecule has 0 unspecified atom stereocenters. The third-order valence-corrected chi connectivity index (χ3v) is 3.12. The zero-order valence-corrected chi connectivity index (χ0v) is 11.9. The van der Waals surface area contributed by atoms with Crippen molar-refractivity contribution in [2.24, 2.45) is 0 Å². The van der Waals surface area contributed by atoms with Gasteiger partial charge in [-0.15, -0.1) is 0 Å². The second kappa shape index (κ2) is 8.21. The Morgan fingerprint density at radius 2 is 2.17 bits per heavy atom. The van der Waals surface area contributed by atoms with Crippen LogP contribution in [0.2, 0.25) is 0 Å². The van der Waals surface area contributed by atoms with Gasteiger partial charge in [-0.1, -0.05) is 6.07 Å². The first kappa shape index (κ1) is 15.1. The SMILES string of the molecule is COCCCCCNC(=O)c1cccc(Br)c1F. The van der Waals surface area contributed by atoms with E-state index >= 15 is 0 Å². The van der Waals surface area contributed by atoms with Crippen LogP contribution < -0.4 is 5.32 Å². The first-order valence-electron chi connectivity index (χ1n) is 5.88. The van der Waals surface area contributed by atoms with E-state index in [-0.39, 0.29) is 11.5 Å². The minimum absolute atomic E-state index is 0.0706. The third kappa shape index (κ3) is 4.74. The number of benzene rings is 1. The number of amides is 1. The number of nitrogens with one attached hydrogen (secondary N) is 1. The molecule has 0 aliphatic heterocycles. The van der Waals surface area contributed by atoms with E-state index in [0.717, 1.165) is 25.9 Å². The number of halogens is 2. The van der Waals surface area contributed by atoms with Crippen molar-refractivity contribution in [2.75, 3.05) is 20.3 Å². The van der Waals surface area contributed by atoms with Gasteiger partial charge in [-0.25, -0.2) is 4.39 Å². The van der Waals surface area contributed by atoms with Crippen molar-refractivity contribution in [2.45, 2.75) is 19.3 Å². The summed E-state index contributed by atoms with van der Waals surface area (Å²) < 4.78 is 18.8. The Hall–Kier alpha value is -0.940. The topological polar surface area (TPSA) is 38.3 Å². The van der Waals surface area contributed by atoms with Crippen molar-refractivity contribution >= 4 is 21.8 Å². The highest BCUT2D eigenvalue weighted by atomic mass is 79.9. The highest BCUT2D eigenvalue weighted by Crippen LogP contribution is 2.18. The van der Waals surface area contributed by atoms with Crippen molar-refractivity contribution in [1.29, 1.82) is 0 Å². The van der Waals surface area contributed by atoms with Crippen LogP contribution in [-0.2, 0) is 4.74 Å². The van der Waals surface area contributed by atoms with Crippen LogP contribution in [0.5, 0.6) is 0 Å². The fourth-order valence-corrected chi connectivity index (χ4v) is 1.89. The van der Waals surface area contributed by atoms with E-state index in [9.17, 15) is 9.18 Å². The first-order valence-corrected chi connectivity index (χ1v) is 6.67. The Morgan fingerprint density at radius 3 is 2.89 bits per heavy atom. The molecule has 1 aromatic carbocycles. The van der Waals surface area contributed by atoms with Gasteiger partial charge < -0.3 is 10.1 Å². The van der Waals surface area contributed by atoms with Crippen LogP contribution in [0.3, 0.4) is 0 Å². The van der Waals surface area contributed by atoms with Gasteiger partial charge in [-0.2, -0.15) is 0 Å². The molecule has 0 saturated carbocycles. The molecular weight excluding hydrogens is 301 g/mol. The van der Waals surface area contributed by atoms with Crippen LogP contribution in [0.15, 0.2) is 22.7 Å². The third-order valence-electron chi connectivity index (χ3n) is 2.51. The van der Waals surface area contributed by atoms with Crippen LogP contribution in [0.4, 0.5) is 4.39 Å². The molecule has 1 amide bonds. The number of rotatable bonds is 7. The lowest BCUT2D eigenvalue weighted by molar-refractivity contribution is 0.0948. The maximum absolute atomic E-state index is 13.6. The molecule has 3 nitrogen and oxygen atoms in total. The summed E-state index contributed by atoms with van der Waals surface area (Å²) in [6.07, 6.45) is 2.82. The smallest absolute Gasteiger partial charge is 0.254 e. The van der Waals surface area contributed by atoms with Crippen molar-refractivity contribution in [1.82, 2.24) is 5.32 Å².